The number of carbonyl (C=O) groups excluding carboxylic acids is 1. The molecule has 2 heterocycles. The third-order valence-corrected chi connectivity index (χ3v) is 4.28. The summed E-state index contributed by atoms with van der Waals surface area (Å²) in [4.78, 5) is 16.7. The lowest BCUT2D eigenvalue weighted by atomic mass is 9.77. The molecule has 6 heteroatoms. The molecule has 3 rings (SSSR count). The molecule has 0 atom stereocenters. The van der Waals surface area contributed by atoms with Crippen molar-refractivity contribution in [2.24, 2.45) is 0 Å². The average Bonchev–Trinajstić information content (AvgIpc) is 2.98. The molecule has 0 bridgehead atoms. The first kappa shape index (κ1) is 14.4. The minimum atomic E-state index is -1.41. The number of hydrogen-bond acceptors (Lipinski definition) is 6. The molecule has 0 unspecified atom stereocenters. The van der Waals surface area contributed by atoms with Crippen molar-refractivity contribution in [2.45, 2.75) is 37.1 Å². The van der Waals surface area contributed by atoms with Crippen LogP contribution in [0.25, 0.3) is 0 Å². The minimum absolute atomic E-state index is 0.240. The summed E-state index contributed by atoms with van der Waals surface area (Å²) in [5.41, 5.74) is -1.09. The summed E-state index contributed by atoms with van der Waals surface area (Å²) in [6.07, 6.45) is 3.19. The molecule has 114 valence electrons. The number of ketones is 1. The van der Waals surface area contributed by atoms with Crippen molar-refractivity contribution in [3.63, 3.8) is 0 Å². The Kier molecular flexibility index (Phi) is 3.69. The summed E-state index contributed by atoms with van der Waals surface area (Å²) in [5, 5.41) is 10.7. The van der Waals surface area contributed by atoms with Gasteiger partial charge < -0.3 is 19.3 Å². The Labute approximate surface area is 123 Å². The Morgan fingerprint density at radius 3 is 2.57 bits per heavy atom. The molecule has 1 aromatic rings. The highest BCUT2D eigenvalue weighted by Gasteiger charge is 2.49. The zero-order valence-electron chi connectivity index (χ0n) is 12.0. The smallest absolute Gasteiger partial charge is 0.224 e. The van der Waals surface area contributed by atoms with Crippen LogP contribution in [0.15, 0.2) is 18.3 Å². The Hall–Kier alpha value is -1.50. The summed E-state index contributed by atoms with van der Waals surface area (Å²) < 4.78 is 16.3. The van der Waals surface area contributed by atoms with Gasteiger partial charge in [-0.05, 0) is 25.0 Å². The number of pyridine rings is 1. The number of hydrogen-bond donors (Lipinski definition) is 1. The SMILES string of the molecule is COc1ncccc1C(=O)C1(O)CCC2(CC1)OCCO2. The van der Waals surface area contributed by atoms with Gasteiger partial charge in [0.15, 0.2) is 11.6 Å². The Morgan fingerprint density at radius 2 is 1.95 bits per heavy atom. The van der Waals surface area contributed by atoms with E-state index >= 15 is 0 Å². The van der Waals surface area contributed by atoms with Gasteiger partial charge in [0, 0.05) is 19.0 Å². The van der Waals surface area contributed by atoms with Crippen LogP contribution in [0, 0.1) is 0 Å². The Bertz CT molecular complexity index is 529. The predicted molar refractivity (Wildman–Crippen MR) is 73.2 cm³/mol. The lowest BCUT2D eigenvalue weighted by molar-refractivity contribution is -0.195. The summed E-state index contributed by atoms with van der Waals surface area (Å²) >= 11 is 0. The number of aromatic nitrogens is 1. The maximum atomic E-state index is 12.7. The first-order valence-corrected chi connectivity index (χ1v) is 7.13. The molecule has 1 saturated heterocycles. The molecule has 2 aliphatic rings. The average molecular weight is 293 g/mol. The lowest BCUT2D eigenvalue weighted by Crippen LogP contribution is -2.48. The summed E-state index contributed by atoms with van der Waals surface area (Å²) in [7, 11) is 1.46. The maximum absolute atomic E-state index is 12.7. The molecule has 0 radical (unpaired) electrons. The van der Waals surface area contributed by atoms with Crippen molar-refractivity contribution in [1.82, 2.24) is 4.98 Å². The van der Waals surface area contributed by atoms with E-state index in [1.807, 2.05) is 0 Å². The van der Waals surface area contributed by atoms with Crippen LogP contribution in [-0.4, -0.2) is 47.6 Å². The zero-order valence-corrected chi connectivity index (χ0v) is 12.0. The number of rotatable bonds is 3. The molecule has 1 aliphatic heterocycles. The fraction of sp³-hybridized carbons (Fsp3) is 0.600. The summed E-state index contributed by atoms with van der Waals surface area (Å²) in [6.45, 7) is 1.14. The molecule has 0 amide bonds. The fourth-order valence-electron chi connectivity index (χ4n) is 3.03. The van der Waals surface area contributed by atoms with Crippen LogP contribution in [0.4, 0.5) is 0 Å². The van der Waals surface area contributed by atoms with Crippen LogP contribution in [-0.2, 0) is 9.47 Å². The zero-order chi connectivity index (χ0) is 14.9. The standard InChI is InChI=1S/C15H19NO5/c1-19-13-11(3-2-8-16-13)12(17)14(18)4-6-15(7-5-14)20-9-10-21-15/h2-3,8,18H,4-7,9-10H2,1H3. The third-order valence-electron chi connectivity index (χ3n) is 4.28. The second-order valence-electron chi connectivity index (χ2n) is 5.53. The first-order valence-electron chi connectivity index (χ1n) is 7.13. The number of ether oxygens (including phenoxy) is 3. The molecular weight excluding hydrogens is 274 g/mol. The van der Waals surface area contributed by atoms with Crippen LogP contribution in [0.1, 0.15) is 36.0 Å². The van der Waals surface area contributed by atoms with Crippen molar-refractivity contribution in [1.29, 1.82) is 0 Å². The molecule has 1 saturated carbocycles. The van der Waals surface area contributed by atoms with Crippen molar-refractivity contribution in [3.05, 3.63) is 23.9 Å². The third kappa shape index (κ3) is 2.54. The topological polar surface area (TPSA) is 77.9 Å². The van der Waals surface area contributed by atoms with Gasteiger partial charge in [0.1, 0.15) is 5.60 Å². The van der Waals surface area contributed by atoms with Crippen molar-refractivity contribution < 1.29 is 24.1 Å². The van der Waals surface area contributed by atoms with Crippen molar-refractivity contribution in [2.75, 3.05) is 20.3 Å². The van der Waals surface area contributed by atoms with E-state index < -0.39 is 11.4 Å². The van der Waals surface area contributed by atoms with Gasteiger partial charge in [-0.25, -0.2) is 4.98 Å². The van der Waals surface area contributed by atoms with Gasteiger partial charge in [-0.3, -0.25) is 4.79 Å². The molecule has 1 N–H and O–H groups in total. The second kappa shape index (κ2) is 5.36. The van der Waals surface area contributed by atoms with Crippen LogP contribution in [0.2, 0.25) is 0 Å². The Morgan fingerprint density at radius 1 is 1.29 bits per heavy atom. The van der Waals surface area contributed by atoms with E-state index in [9.17, 15) is 9.90 Å². The monoisotopic (exact) mass is 293 g/mol. The molecule has 21 heavy (non-hydrogen) atoms. The molecule has 0 aromatic carbocycles. The van der Waals surface area contributed by atoms with Crippen molar-refractivity contribution in [3.8, 4) is 5.88 Å². The fourth-order valence-corrected chi connectivity index (χ4v) is 3.03. The van der Waals surface area contributed by atoms with Gasteiger partial charge in [0.05, 0.1) is 25.9 Å². The van der Waals surface area contributed by atoms with Crippen LogP contribution < -0.4 is 4.74 Å². The molecule has 1 aliphatic carbocycles. The number of methoxy groups -OCH3 is 1. The van der Waals surface area contributed by atoms with Gasteiger partial charge in [-0.2, -0.15) is 0 Å². The van der Waals surface area contributed by atoms with Gasteiger partial charge in [-0.1, -0.05) is 0 Å². The van der Waals surface area contributed by atoms with E-state index in [1.54, 1.807) is 18.3 Å². The number of carbonyl (C=O) groups is 1. The largest absolute Gasteiger partial charge is 0.480 e. The predicted octanol–water partition coefficient (Wildman–Crippen LogP) is 1.32. The van der Waals surface area contributed by atoms with E-state index in [0.29, 0.717) is 44.5 Å². The van der Waals surface area contributed by atoms with E-state index in [1.165, 1.54) is 7.11 Å². The van der Waals surface area contributed by atoms with Crippen LogP contribution in [0.3, 0.4) is 0 Å². The highest BCUT2D eigenvalue weighted by Crippen LogP contribution is 2.42. The number of nitrogens with zero attached hydrogens (tertiary/aromatic N) is 1. The molecule has 6 nitrogen and oxygen atoms in total. The van der Waals surface area contributed by atoms with E-state index in [2.05, 4.69) is 4.98 Å². The minimum Gasteiger partial charge on any atom is -0.480 e. The van der Waals surface area contributed by atoms with E-state index in [4.69, 9.17) is 14.2 Å². The van der Waals surface area contributed by atoms with Crippen LogP contribution >= 0.6 is 0 Å². The number of aliphatic hydroxyl groups is 1. The Balaban J connectivity index is 1.78. The maximum Gasteiger partial charge on any atom is 0.224 e. The second-order valence-corrected chi connectivity index (χ2v) is 5.53. The normalized spacial score (nSPS) is 23.1. The molecule has 1 spiro atoms. The first-order chi connectivity index (χ1) is 10.1. The lowest BCUT2D eigenvalue weighted by Gasteiger charge is -2.39. The van der Waals surface area contributed by atoms with Gasteiger partial charge in [0.25, 0.3) is 0 Å². The van der Waals surface area contributed by atoms with E-state index in [0.717, 1.165) is 0 Å². The summed E-state index contributed by atoms with van der Waals surface area (Å²) in [6, 6.07) is 3.28. The van der Waals surface area contributed by atoms with E-state index in [-0.39, 0.29) is 11.7 Å². The summed E-state index contributed by atoms with van der Waals surface area (Å²) in [5.74, 6) is -0.712. The highest BCUT2D eigenvalue weighted by molar-refractivity contribution is 6.04. The quantitative estimate of drug-likeness (QED) is 0.847. The van der Waals surface area contributed by atoms with Gasteiger partial charge in [-0.15, -0.1) is 0 Å². The van der Waals surface area contributed by atoms with Crippen LogP contribution in [0.5, 0.6) is 5.88 Å². The molecule has 1 aromatic heterocycles. The van der Waals surface area contributed by atoms with Gasteiger partial charge in [0.2, 0.25) is 5.88 Å². The van der Waals surface area contributed by atoms with Gasteiger partial charge >= 0.3 is 0 Å². The molecular formula is C15H19NO5. The van der Waals surface area contributed by atoms with Crippen molar-refractivity contribution >= 4 is 5.78 Å². The highest BCUT2D eigenvalue weighted by atomic mass is 16.7. The molecule has 2 fully saturated rings. The number of Topliss-reactive ketones (excluding diaryl/α,β-unsaturated/α-hetero) is 1.